The van der Waals surface area contributed by atoms with Crippen molar-refractivity contribution in [1.29, 1.82) is 0 Å². The summed E-state index contributed by atoms with van der Waals surface area (Å²) < 4.78 is 36.1. The molecule has 0 aliphatic carbocycles. The second kappa shape index (κ2) is 4.27. The van der Waals surface area contributed by atoms with Gasteiger partial charge in [-0.15, -0.1) is 11.3 Å². The molecule has 0 saturated heterocycles. The first-order valence-corrected chi connectivity index (χ1v) is 5.02. The number of hydrogen-bond donors (Lipinski definition) is 1. The molecule has 14 heavy (non-hydrogen) atoms. The summed E-state index contributed by atoms with van der Waals surface area (Å²) in [5.41, 5.74) is 6.08. The predicted molar refractivity (Wildman–Crippen MR) is 49.1 cm³/mol. The molecule has 1 rings (SSSR count). The van der Waals surface area contributed by atoms with Gasteiger partial charge >= 0.3 is 6.18 Å². The van der Waals surface area contributed by atoms with E-state index < -0.39 is 12.6 Å². The first-order chi connectivity index (χ1) is 6.46. The molecule has 6 heteroatoms. The number of aryl methyl sites for hydroxylation is 1. The highest BCUT2D eigenvalue weighted by Crippen LogP contribution is 2.26. The minimum absolute atomic E-state index is 0.106. The van der Waals surface area contributed by atoms with Crippen molar-refractivity contribution < 1.29 is 13.2 Å². The van der Waals surface area contributed by atoms with Crippen LogP contribution in [-0.4, -0.2) is 11.2 Å². The zero-order chi connectivity index (χ0) is 10.8. The molecule has 0 atom stereocenters. The molecule has 0 radical (unpaired) electrons. The highest BCUT2D eigenvalue weighted by atomic mass is 32.1. The number of nitrogens with two attached hydrogens (primary N) is 1. The maximum Gasteiger partial charge on any atom is 0.395 e. The molecule has 0 bridgehead atoms. The molecule has 1 aromatic heterocycles. The van der Waals surface area contributed by atoms with Crippen LogP contribution in [0.5, 0.6) is 0 Å². The minimum Gasteiger partial charge on any atom is -0.326 e. The number of rotatable bonds is 3. The van der Waals surface area contributed by atoms with Gasteiger partial charge in [0.2, 0.25) is 0 Å². The van der Waals surface area contributed by atoms with Crippen molar-refractivity contribution in [3.05, 3.63) is 15.6 Å². The lowest BCUT2D eigenvalue weighted by Crippen LogP contribution is -2.11. The van der Waals surface area contributed by atoms with Crippen molar-refractivity contribution in [3.63, 3.8) is 0 Å². The molecule has 0 amide bonds. The average molecular weight is 224 g/mol. The largest absolute Gasteiger partial charge is 0.395 e. The van der Waals surface area contributed by atoms with Crippen LogP contribution < -0.4 is 5.73 Å². The van der Waals surface area contributed by atoms with Crippen LogP contribution in [0.15, 0.2) is 0 Å². The first-order valence-electron chi connectivity index (χ1n) is 4.20. The summed E-state index contributed by atoms with van der Waals surface area (Å²) in [5, 5.41) is 0.106. The molecule has 80 valence electrons. The number of alkyl halides is 3. The van der Waals surface area contributed by atoms with Gasteiger partial charge in [-0.2, -0.15) is 13.2 Å². The van der Waals surface area contributed by atoms with Crippen LogP contribution in [0.1, 0.15) is 22.5 Å². The van der Waals surface area contributed by atoms with Gasteiger partial charge < -0.3 is 5.73 Å². The lowest BCUT2D eigenvalue weighted by molar-refractivity contribution is -0.127. The Morgan fingerprint density at radius 2 is 2.07 bits per heavy atom. The van der Waals surface area contributed by atoms with Crippen LogP contribution in [0.3, 0.4) is 0 Å². The molecule has 2 nitrogen and oxygen atoms in total. The van der Waals surface area contributed by atoms with E-state index in [1.54, 1.807) is 0 Å². The van der Waals surface area contributed by atoms with Crippen LogP contribution in [0.25, 0.3) is 0 Å². The number of thiazole rings is 1. The van der Waals surface area contributed by atoms with Crippen LogP contribution in [0, 0.1) is 0 Å². The van der Waals surface area contributed by atoms with Gasteiger partial charge in [0.1, 0.15) is 5.01 Å². The van der Waals surface area contributed by atoms with Gasteiger partial charge in [0.25, 0.3) is 0 Å². The lowest BCUT2D eigenvalue weighted by atomic mass is 10.3. The SMILES string of the molecule is CCc1nc(CC(F)(F)F)sc1CN. The van der Waals surface area contributed by atoms with Gasteiger partial charge in [0.05, 0.1) is 12.1 Å². The number of nitrogens with zero attached hydrogens (tertiary/aromatic N) is 1. The van der Waals surface area contributed by atoms with Gasteiger partial charge in [-0.3, -0.25) is 0 Å². The summed E-state index contributed by atoms with van der Waals surface area (Å²) in [5.74, 6) is 0. The Morgan fingerprint density at radius 3 is 2.43 bits per heavy atom. The third-order valence-corrected chi connectivity index (χ3v) is 2.81. The van der Waals surface area contributed by atoms with Crippen molar-refractivity contribution in [1.82, 2.24) is 4.98 Å². The van der Waals surface area contributed by atoms with Crippen LogP contribution >= 0.6 is 11.3 Å². The molecule has 0 aliphatic rings. The zero-order valence-electron chi connectivity index (χ0n) is 7.69. The first kappa shape index (κ1) is 11.5. The molecule has 1 heterocycles. The summed E-state index contributed by atoms with van der Waals surface area (Å²) in [4.78, 5) is 4.66. The summed E-state index contributed by atoms with van der Waals surface area (Å²) in [6.07, 6.45) is -4.51. The van der Waals surface area contributed by atoms with Crippen molar-refractivity contribution in [2.24, 2.45) is 5.73 Å². The van der Waals surface area contributed by atoms with Crippen molar-refractivity contribution in [3.8, 4) is 0 Å². The summed E-state index contributed by atoms with van der Waals surface area (Å²) >= 11 is 1.05. The van der Waals surface area contributed by atoms with E-state index in [0.717, 1.165) is 16.2 Å². The molecular weight excluding hydrogens is 213 g/mol. The maximum atomic E-state index is 12.0. The number of hydrogen-bond acceptors (Lipinski definition) is 3. The van der Waals surface area contributed by atoms with Crippen molar-refractivity contribution in [2.45, 2.75) is 32.5 Å². The van der Waals surface area contributed by atoms with Gasteiger partial charge in [-0.25, -0.2) is 4.98 Å². The molecule has 1 aromatic rings. The van der Waals surface area contributed by atoms with Gasteiger partial charge in [0, 0.05) is 11.4 Å². The number of halogens is 3. The van der Waals surface area contributed by atoms with E-state index in [2.05, 4.69) is 4.98 Å². The second-order valence-electron chi connectivity index (χ2n) is 2.83. The normalized spacial score (nSPS) is 12.1. The fraction of sp³-hybridized carbons (Fsp3) is 0.625. The third-order valence-electron chi connectivity index (χ3n) is 1.69. The molecule has 0 spiro atoms. The van der Waals surface area contributed by atoms with Gasteiger partial charge in [0.15, 0.2) is 0 Å². The van der Waals surface area contributed by atoms with E-state index in [9.17, 15) is 13.2 Å². The highest BCUT2D eigenvalue weighted by Gasteiger charge is 2.29. The fourth-order valence-electron chi connectivity index (χ4n) is 1.12. The molecule has 0 saturated carbocycles. The van der Waals surface area contributed by atoms with Gasteiger partial charge in [-0.1, -0.05) is 6.92 Å². The summed E-state index contributed by atoms with van der Waals surface area (Å²) in [7, 11) is 0. The standard InChI is InChI=1S/C8H11F3N2S/c1-2-5-6(4-12)14-7(13-5)3-8(9,10)11/h2-4,12H2,1H3. The predicted octanol–water partition coefficient (Wildman–Crippen LogP) is 2.27. The highest BCUT2D eigenvalue weighted by molar-refractivity contribution is 7.11. The van der Waals surface area contributed by atoms with Crippen LogP contribution in [-0.2, 0) is 19.4 Å². The molecule has 2 N–H and O–H groups in total. The van der Waals surface area contributed by atoms with Gasteiger partial charge in [-0.05, 0) is 6.42 Å². The van der Waals surface area contributed by atoms with E-state index in [1.165, 1.54) is 0 Å². The van der Waals surface area contributed by atoms with E-state index in [0.29, 0.717) is 12.1 Å². The Hall–Kier alpha value is -0.620. The Labute approximate surface area is 84.0 Å². The molecule has 0 aliphatic heterocycles. The van der Waals surface area contributed by atoms with Crippen LogP contribution in [0.4, 0.5) is 13.2 Å². The Morgan fingerprint density at radius 1 is 1.43 bits per heavy atom. The van der Waals surface area contributed by atoms with E-state index in [-0.39, 0.29) is 11.6 Å². The molecular formula is C8H11F3N2S. The minimum atomic E-state index is -4.19. The Kier molecular flexibility index (Phi) is 3.49. The quantitative estimate of drug-likeness (QED) is 0.855. The van der Waals surface area contributed by atoms with E-state index in [1.807, 2.05) is 6.92 Å². The summed E-state index contributed by atoms with van der Waals surface area (Å²) in [6.45, 7) is 2.12. The smallest absolute Gasteiger partial charge is 0.326 e. The van der Waals surface area contributed by atoms with Crippen molar-refractivity contribution in [2.75, 3.05) is 0 Å². The topological polar surface area (TPSA) is 38.9 Å². The van der Waals surface area contributed by atoms with E-state index >= 15 is 0 Å². The monoisotopic (exact) mass is 224 g/mol. The Balaban J connectivity index is 2.84. The maximum absolute atomic E-state index is 12.0. The van der Waals surface area contributed by atoms with Crippen molar-refractivity contribution >= 4 is 11.3 Å². The second-order valence-corrected chi connectivity index (χ2v) is 4.00. The molecule has 0 fully saturated rings. The zero-order valence-corrected chi connectivity index (χ0v) is 8.50. The third kappa shape index (κ3) is 2.95. The number of aromatic nitrogens is 1. The lowest BCUT2D eigenvalue weighted by Gasteiger charge is -2.01. The average Bonchev–Trinajstić information content (AvgIpc) is 2.43. The van der Waals surface area contributed by atoms with E-state index in [4.69, 9.17) is 5.73 Å². The molecule has 0 unspecified atom stereocenters. The summed E-state index contributed by atoms with van der Waals surface area (Å²) in [6, 6.07) is 0. The van der Waals surface area contributed by atoms with Crippen LogP contribution in [0.2, 0.25) is 0 Å². The Bertz CT molecular complexity index is 285. The molecule has 0 aromatic carbocycles. The fourth-order valence-corrected chi connectivity index (χ4v) is 2.19.